The second-order valence-electron chi connectivity index (χ2n) is 3.89. The number of hydroxylamine groups is 3. The first kappa shape index (κ1) is 8.73. The number of likely N-dealkylation sites (tertiary alicyclic amines) is 1. The molecule has 0 atom stereocenters. The van der Waals surface area contributed by atoms with E-state index in [4.69, 9.17) is 0 Å². The number of hydrogen-bond acceptors (Lipinski definition) is 1. The fourth-order valence-corrected chi connectivity index (χ4v) is 2.01. The lowest BCUT2D eigenvalue weighted by Gasteiger charge is -2.24. The Kier molecular flexibility index (Phi) is 2.34. The average Bonchev–Trinajstić information content (AvgIpc) is 2.54. The highest BCUT2D eigenvalue weighted by Crippen LogP contribution is 2.19. The Hall–Kier alpha value is -0.860. The van der Waals surface area contributed by atoms with Crippen LogP contribution in [0.3, 0.4) is 0 Å². The fourth-order valence-electron chi connectivity index (χ4n) is 2.01. The van der Waals surface area contributed by atoms with Crippen molar-refractivity contribution in [1.29, 1.82) is 0 Å². The Morgan fingerprint density at radius 3 is 2.31 bits per heavy atom. The predicted octanol–water partition coefficient (Wildman–Crippen LogP) is 2.19. The molecule has 2 nitrogen and oxygen atoms in total. The molecule has 1 heterocycles. The standard InChI is InChI=1S/C11H16NO/c13-12(8-4-5-9-12)10-11-6-2-1-3-7-11/h1-3,6-7,13H,4-5,8-10H2/q+1. The quantitative estimate of drug-likeness (QED) is 0.688. The number of rotatable bonds is 2. The van der Waals surface area contributed by atoms with Crippen LogP contribution in [0.5, 0.6) is 0 Å². The zero-order valence-corrected chi connectivity index (χ0v) is 7.82. The summed E-state index contributed by atoms with van der Waals surface area (Å²) in [6.45, 7) is 2.59. The second-order valence-corrected chi connectivity index (χ2v) is 3.89. The summed E-state index contributed by atoms with van der Waals surface area (Å²) in [6, 6.07) is 10.2. The van der Waals surface area contributed by atoms with E-state index in [1.54, 1.807) is 0 Å². The SMILES string of the molecule is O[N+]1(Cc2ccccc2)CCCC1. The molecule has 0 saturated carbocycles. The molecule has 1 N–H and O–H groups in total. The molecule has 0 amide bonds. The molecule has 13 heavy (non-hydrogen) atoms. The maximum absolute atomic E-state index is 10.1. The average molecular weight is 178 g/mol. The molecule has 2 heteroatoms. The summed E-state index contributed by atoms with van der Waals surface area (Å²) in [7, 11) is 0. The molecule has 0 radical (unpaired) electrons. The minimum Gasteiger partial charge on any atom is -0.217 e. The number of benzene rings is 1. The van der Waals surface area contributed by atoms with Crippen LogP contribution in [0.15, 0.2) is 30.3 Å². The summed E-state index contributed by atoms with van der Waals surface area (Å²) in [5, 5.41) is 10.1. The van der Waals surface area contributed by atoms with E-state index in [2.05, 4.69) is 12.1 Å². The highest BCUT2D eigenvalue weighted by molar-refractivity contribution is 5.13. The van der Waals surface area contributed by atoms with Gasteiger partial charge in [0.15, 0.2) is 0 Å². The van der Waals surface area contributed by atoms with Gasteiger partial charge in [-0.05, 0) is 0 Å². The lowest BCUT2D eigenvalue weighted by Crippen LogP contribution is -2.40. The molecule has 0 aliphatic carbocycles. The van der Waals surface area contributed by atoms with Crippen molar-refractivity contribution >= 4 is 0 Å². The Morgan fingerprint density at radius 2 is 1.69 bits per heavy atom. The lowest BCUT2D eigenvalue weighted by molar-refractivity contribution is -1.10. The van der Waals surface area contributed by atoms with Crippen LogP contribution in [0, 0.1) is 0 Å². The van der Waals surface area contributed by atoms with E-state index in [0.29, 0.717) is 0 Å². The van der Waals surface area contributed by atoms with Gasteiger partial charge in [-0.2, -0.15) is 4.65 Å². The van der Waals surface area contributed by atoms with Gasteiger partial charge in [0.2, 0.25) is 0 Å². The van der Waals surface area contributed by atoms with Crippen LogP contribution >= 0.6 is 0 Å². The molecule has 0 spiro atoms. The summed E-state index contributed by atoms with van der Waals surface area (Å²) >= 11 is 0. The number of nitrogens with zero attached hydrogens (tertiary/aromatic N) is 1. The summed E-state index contributed by atoms with van der Waals surface area (Å²) in [5.74, 6) is 0. The first-order valence-electron chi connectivity index (χ1n) is 4.91. The number of quaternary nitrogens is 1. The van der Waals surface area contributed by atoms with Gasteiger partial charge in [0, 0.05) is 18.4 Å². The molecule has 1 aliphatic heterocycles. The molecule has 70 valence electrons. The van der Waals surface area contributed by atoms with Crippen molar-refractivity contribution in [2.75, 3.05) is 13.1 Å². The molecular formula is C11H16NO+. The fraction of sp³-hybridized carbons (Fsp3) is 0.455. The molecule has 0 bridgehead atoms. The Morgan fingerprint density at radius 1 is 1.08 bits per heavy atom. The van der Waals surface area contributed by atoms with Crippen molar-refractivity contribution in [3.63, 3.8) is 0 Å². The summed E-state index contributed by atoms with van der Waals surface area (Å²) in [6.07, 6.45) is 2.31. The summed E-state index contributed by atoms with van der Waals surface area (Å²) < 4.78 is 0.240. The minimum atomic E-state index is 0.240. The van der Waals surface area contributed by atoms with Gasteiger partial charge in [-0.15, -0.1) is 0 Å². The molecular weight excluding hydrogens is 162 g/mol. The van der Waals surface area contributed by atoms with Crippen LogP contribution in [0.2, 0.25) is 0 Å². The Bertz CT molecular complexity index is 265. The molecule has 1 aromatic rings. The van der Waals surface area contributed by atoms with Crippen molar-refractivity contribution in [2.45, 2.75) is 19.4 Å². The first-order chi connectivity index (χ1) is 6.29. The molecule has 0 unspecified atom stereocenters. The smallest absolute Gasteiger partial charge is 0.134 e. The molecule has 1 aromatic carbocycles. The van der Waals surface area contributed by atoms with Gasteiger partial charge in [-0.3, -0.25) is 0 Å². The zero-order valence-electron chi connectivity index (χ0n) is 7.82. The van der Waals surface area contributed by atoms with E-state index >= 15 is 0 Å². The van der Waals surface area contributed by atoms with Crippen molar-refractivity contribution in [3.8, 4) is 0 Å². The van der Waals surface area contributed by atoms with Gasteiger partial charge in [0.05, 0.1) is 0 Å². The van der Waals surface area contributed by atoms with Crippen LogP contribution in [-0.2, 0) is 6.54 Å². The van der Waals surface area contributed by atoms with Gasteiger partial charge in [0.25, 0.3) is 0 Å². The van der Waals surface area contributed by atoms with Crippen LogP contribution in [-0.4, -0.2) is 22.9 Å². The Balaban J connectivity index is 2.05. The number of hydrogen-bond donors (Lipinski definition) is 1. The van der Waals surface area contributed by atoms with Gasteiger partial charge in [-0.25, -0.2) is 5.21 Å². The van der Waals surface area contributed by atoms with Crippen molar-refractivity contribution in [3.05, 3.63) is 35.9 Å². The highest BCUT2D eigenvalue weighted by Gasteiger charge is 2.30. The summed E-state index contributed by atoms with van der Waals surface area (Å²) in [4.78, 5) is 0. The topological polar surface area (TPSA) is 20.2 Å². The largest absolute Gasteiger partial charge is 0.217 e. The van der Waals surface area contributed by atoms with Crippen molar-refractivity contribution in [2.24, 2.45) is 0 Å². The maximum atomic E-state index is 10.1. The van der Waals surface area contributed by atoms with Gasteiger partial charge < -0.3 is 0 Å². The molecule has 0 aromatic heterocycles. The van der Waals surface area contributed by atoms with E-state index in [9.17, 15) is 5.21 Å². The minimum absolute atomic E-state index is 0.240. The highest BCUT2D eigenvalue weighted by atomic mass is 16.5. The summed E-state index contributed by atoms with van der Waals surface area (Å²) in [5.41, 5.74) is 1.23. The van der Waals surface area contributed by atoms with Crippen molar-refractivity contribution < 1.29 is 9.85 Å². The van der Waals surface area contributed by atoms with E-state index < -0.39 is 0 Å². The van der Waals surface area contributed by atoms with Crippen LogP contribution in [0.25, 0.3) is 0 Å². The second kappa shape index (κ2) is 3.48. The first-order valence-corrected chi connectivity index (χ1v) is 4.91. The third-order valence-corrected chi connectivity index (χ3v) is 2.72. The third-order valence-electron chi connectivity index (χ3n) is 2.72. The molecule has 2 rings (SSSR count). The van der Waals surface area contributed by atoms with Gasteiger partial charge >= 0.3 is 0 Å². The van der Waals surface area contributed by atoms with Crippen LogP contribution < -0.4 is 0 Å². The van der Waals surface area contributed by atoms with E-state index in [1.807, 2.05) is 18.2 Å². The monoisotopic (exact) mass is 178 g/mol. The maximum Gasteiger partial charge on any atom is 0.134 e. The normalized spacial score (nSPS) is 20.4. The van der Waals surface area contributed by atoms with E-state index in [0.717, 1.165) is 32.5 Å². The van der Waals surface area contributed by atoms with Gasteiger partial charge in [-0.1, -0.05) is 30.3 Å². The van der Waals surface area contributed by atoms with Crippen LogP contribution in [0.4, 0.5) is 0 Å². The Labute approximate surface area is 79.0 Å². The van der Waals surface area contributed by atoms with E-state index in [-0.39, 0.29) is 4.65 Å². The lowest BCUT2D eigenvalue weighted by atomic mass is 10.2. The van der Waals surface area contributed by atoms with Crippen LogP contribution in [0.1, 0.15) is 18.4 Å². The zero-order chi connectivity index (χ0) is 9.15. The predicted molar refractivity (Wildman–Crippen MR) is 51.2 cm³/mol. The molecule has 1 saturated heterocycles. The molecule has 1 fully saturated rings. The van der Waals surface area contributed by atoms with E-state index in [1.165, 1.54) is 5.56 Å². The van der Waals surface area contributed by atoms with Crippen molar-refractivity contribution in [1.82, 2.24) is 0 Å². The third kappa shape index (κ3) is 2.08. The van der Waals surface area contributed by atoms with Gasteiger partial charge in [0.1, 0.15) is 19.6 Å². The molecule has 1 aliphatic rings.